The zero-order valence-corrected chi connectivity index (χ0v) is 31.7. The maximum absolute atomic E-state index is 12.4. The second-order valence-electron chi connectivity index (χ2n) is 14.0. The van der Waals surface area contributed by atoms with Crippen LogP contribution in [0.3, 0.4) is 0 Å². The van der Waals surface area contributed by atoms with Gasteiger partial charge in [-0.2, -0.15) is 8.42 Å². The fraction of sp³-hybridized carbons (Fsp3) is 0.879. The Morgan fingerprint density at radius 3 is 1.75 bits per heavy atom. The predicted octanol–water partition coefficient (Wildman–Crippen LogP) is 0.282. The van der Waals surface area contributed by atoms with Gasteiger partial charge in [0.15, 0.2) is 0 Å². The molecule has 5 heterocycles. The van der Waals surface area contributed by atoms with Gasteiger partial charge in [0.05, 0.1) is 39.0 Å². The summed E-state index contributed by atoms with van der Waals surface area (Å²) in [5.41, 5.74) is 0. The molecule has 3 unspecified atom stereocenters. The normalized spacial score (nSPS) is 25.6. The SMILES string of the molecule is CCOC(=O)CC(C(=O)OCC)N1CCN(CC2CN(C3CCN(C)CC3)C(=O)O2)CC1.CN1CCC(N2CC(COS(C)(=O)=O)OC2=O)CC1. The monoisotopic (exact) mass is 746 g/mol. The molecular formula is C33H58N6O11S. The molecule has 0 aromatic heterocycles. The molecule has 0 bridgehead atoms. The van der Waals surface area contributed by atoms with Gasteiger partial charge >= 0.3 is 24.1 Å². The first-order valence-corrected chi connectivity index (χ1v) is 20.0. The van der Waals surface area contributed by atoms with Crippen molar-refractivity contribution in [3.8, 4) is 0 Å². The molecule has 5 rings (SSSR count). The standard InChI is InChI=1S/C22H38N4O6.C11H20N2O5S/c1-4-30-20(27)14-19(21(28)31-5-2)25-12-10-24(11-13-25)15-18-16-26(22(29)32-18)17-6-8-23(3)9-7-17;1-12-5-3-9(4-6-12)13-7-10(18-11(13)14)8-17-19(2,15)16/h17-19H,4-16H2,1-3H3;9-10H,3-8H2,1-2H3. The molecule has 292 valence electrons. The van der Waals surface area contributed by atoms with Gasteiger partial charge in [-0.3, -0.25) is 23.6 Å². The van der Waals surface area contributed by atoms with Crippen molar-refractivity contribution >= 4 is 34.2 Å². The summed E-state index contributed by atoms with van der Waals surface area (Å²) in [6.07, 6.45) is 3.63. The molecule has 3 atom stereocenters. The average molecular weight is 747 g/mol. The lowest BCUT2D eigenvalue weighted by molar-refractivity contribution is -0.157. The minimum Gasteiger partial charge on any atom is -0.466 e. The van der Waals surface area contributed by atoms with Gasteiger partial charge in [-0.05, 0) is 79.8 Å². The largest absolute Gasteiger partial charge is 0.466 e. The average Bonchev–Trinajstić information content (AvgIpc) is 3.65. The molecular weight excluding hydrogens is 688 g/mol. The molecule has 5 fully saturated rings. The fourth-order valence-electron chi connectivity index (χ4n) is 7.20. The minimum atomic E-state index is -3.50. The van der Waals surface area contributed by atoms with Crippen LogP contribution < -0.4 is 0 Å². The van der Waals surface area contributed by atoms with Crippen molar-refractivity contribution in [2.24, 2.45) is 0 Å². The number of piperidine rings is 2. The van der Waals surface area contributed by atoms with Gasteiger partial charge in [-0.1, -0.05) is 0 Å². The quantitative estimate of drug-likeness (QED) is 0.143. The Kier molecular flexibility index (Phi) is 15.6. The van der Waals surface area contributed by atoms with Gasteiger partial charge < -0.3 is 38.5 Å². The summed E-state index contributed by atoms with van der Waals surface area (Å²) in [6.45, 7) is 12.4. The lowest BCUT2D eigenvalue weighted by Gasteiger charge is -2.38. The van der Waals surface area contributed by atoms with E-state index < -0.39 is 22.3 Å². The second-order valence-corrected chi connectivity index (χ2v) is 15.6. The number of carbonyl (C=O) groups is 4. The van der Waals surface area contributed by atoms with E-state index in [1.165, 1.54) is 0 Å². The fourth-order valence-corrected chi connectivity index (χ4v) is 7.60. The van der Waals surface area contributed by atoms with Crippen LogP contribution in [-0.2, 0) is 42.8 Å². The van der Waals surface area contributed by atoms with E-state index in [-0.39, 0.29) is 68.6 Å². The topological polar surface area (TPSA) is 168 Å². The third-order valence-electron chi connectivity index (χ3n) is 10.1. The van der Waals surface area contributed by atoms with E-state index in [2.05, 4.69) is 33.0 Å². The van der Waals surface area contributed by atoms with E-state index in [9.17, 15) is 27.6 Å². The maximum atomic E-state index is 12.4. The summed E-state index contributed by atoms with van der Waals surface area (Å²) >= 11 is 0. The van der Waals surface area contributed by atoms with Gasteiger partial charge in [0.2, 0.25) is 0 Å². The van der Waals surface area contributed by atoms with Crippen molar-refractivity contribution in [2.45, 2.75) is 76.3 Å². The van der Waals surface area contributed by atoms with E-state index in [0.717, 1.165) is 71.2 Å². The Hall–Kier alpha value is -2.77. The van der Waals surface area contributed by atoms with Gasteiger partial charge in [0.25, 0.3) is 10.1 Å². The molecule has 0 spiro atoms. The Morgan fingerprint density at radius 2 is 1.25 bits per heavy atom. The number of rotatable bonds is 13. The third-order valence-corrected chi connectivity index (χ3v) is 10.6. The first kappa shape index (κ1) is 41.0. The molecule has 0 aromatic rings. The molecule has 0 radical (unpaired) electrons. The van der Waals surface area contributed by atoms with Crippen LogP contribution in [0.25, 0.3) is 0 Å². The summed E-state index contributed by atoms with van der Waals surface area (Å²) in [5.74, 6) is -0.771. The highest BCUT2D eigenvalue weighted by molar-refractivity contribution is 7.85. The maximum Gasteiger partial charge on any atom is 0.410 e. The highest BCUT2D eigenvalue weighted by Crippen LogP contribution is 2.24. The Morgan fingerprint density at radius 1 is 0.765 bits per heavy atom. The van der Waals surface area contributed by atoms with E-state index in [1.54, 1.807) is 18.7 Å². The zero-order valence-electron chi connectivity index (χ0n) is 30.9. The second kappa shape index (κ2) is 19.3. The molecule has 51 heavy (non-hydrogen) atoms. The van der Waals surface area contributed by atoms with E-state index in [0.29, 0.717) is 32.7 Å². The lowest BCUT2D eigenvalue weighted by atomic mass is 10.0. The molecule has 0 saturated carbocycles. The molecule has 0 aliphatic carbocycles. The summed E-state index contributed by atoms with van der Waals surface area (Å²) in [7, 11) is 0.673. The van der Waals surface area contributed by atoms with E-state index in [4.69, 9.17) is 18.9 Å². The van der Waals surface area contributed by atoms with Crippen LogP contribution in [0, 0.1) is 0 Å². The number of hydrogen-bond donors (Lipinski definition) is 0. The van der Waals surface area contributed by atoms with Crippen molar-refractivity contribution in [1.29, 1.82) is 0 Å². The van der Waals surface area contributed by atoms with Crippen LogP contribution in [0.2, 0.25) is 0 Å². The molecule has 5 aliphatic heterocycles. The van der Waals surface area contributed by atoms with Gasteiger partial charge in [0, 0.05) is 44.8 Å². The van der Waals surface area contributed by atoms with Crippen LogP contribution in [-0.4, -0.2) is 204 Å². The number of piperazine rings is 1. The van der Waals surface area contributed by atoms with Gasteiger partial charge in [0.1, 0.15) is 24.9 Å². The first-order valence-electron chi connectivity index (χ1n) is 18.2. The lowest BCUT2D eigenvalue weighted by Crippen LogP contribution is -2.55. The van der Waals surface area contributed by atoms with Crippen molar-refractivity contribution in [2.75, 3.05) is 112 Å². The van der Waals surface area contributed by atoms with E-state index >= 15 is 0 Å². The number of cyclic esters (lactones) is 2. The molecule has 0 aromatic carbocycles. The number of esters is 2. The summed E-state index contributed by atoms with van der Waals surface area (Å²) in [6, 6.07) is -0.166. The van der Waals surface area contributed by atoms with Crippen molar-refractivity contribution in [3.05, 3.63) is 0 Å². The number of ether oxygens (including phenoxy) is 4. The number of hydrogen-bond acceptors (Lipinski definition) is 15. The molecule has 2 amide bonds. The summed E-state index contributed by atoms with van der Waals surface area (Å²) in [4.78, 5) is 61.0. The number of amides is 2. The Balaban J connectivity index is 0.000000261. The van der Waals surface area contributed by atoms with Crippen molar-refractivity contribution in [3.63, 3.8) is 0 Å². The van der Waals surface area contributed by atoms with E-state index in [1.807, 2.05) is 9.80 Å². The van der Waals surface area contributed by atoms with Crippen LogP contribution in [0.5, 0.6) is 0 Å². The zero-order chi connectivity index (χ0) is 37.1. The molecule has 5 saturated heterocycles. The summed E-state index contributed by atoms with van der Waals surface area (Å²) < 4.78 is 47.5. The van der Waals surface area contributed by atoms with Crippen LogP contribution in [0.15, 0.2) is 0 Å². The van der Waals surface area contributed by atoms with Gasteiger partial charge in [-0.25, -0.2) is 9.59 Å². The molecule has 17 nitrogen and oxygen atoms in total. The number of nitrogens with zero attached hydrogens (tertiary/aromatic N) is 6. The highest BCUT2D eigenvalue weighted by atomic mass is 32.2. The van der Waals surface area contributed by atoms with Crippen LogP contribution >= 0.6 is 0 Å². The van der Waals surface area contributed by atoms with Crippen molar-refractivity contribution in [1.82, 2.24) is 29.4 Å². The predicted molar refractivity (Wildman–Crippen MR) is 185 cm³/mol. The smallest absolute Gasteiger partial charge is 0.410 e. The van der Waals surface area contributed by atoms with Gasteiger partial charge in [-0.15, -0.1) is 0 Å². The highest BCUT2D eigenvalue weighted by Gasteiger charge is 2.40. The molecule has 18 heteroatoms. The van der Waals surface area contributed by atoms with Crippen LogP contribution in [0.1, 0.15) is 46.0 Å². The molecule has 5 aliphatic rings. The number of carbonyl (C=O) groups excluding carboxylic acids is 4. The van der Waals surface area contributed by atoms with Crippen LogP contribution in [0.4, 0.5) is 9.59 Å². The Bertz CT molecular complexity index is 1270. The summed E-state index contributed by atoms with van der Waals surface area (Å²) in [5, 5.41) is 0. The third kappa shape index (κ3) is 12.7. The first-order chi connectivity index (χ1) is 24.3. The molecule has 0 N–H and O–H groups in total. The number of likely N-dealkylation sites (tertiary alicyclic amines) is 2. The Labute approximate surface area is 302 Å². The minimum absolute atomic E-state index is 0.00154. The van der Waals surface area contributed by atoms with Crippen molar-refractivity contribution < 1.29 is 50.7 Å².